The number of rotatable bonds is 4. The lowest BCUT2D eigenvalue weighted by molar-refractivity contribution is 0.249. The fourth-order valence-corrected chi connectivity index (χ4v) is 2.48. The molecule has 122 valence electrons. The molecule has 0 bridgehead atoms. The summed E-state index contributed by atoms with van der Waals surface area (Å²) in [6.45, 7) is 1.66. The van der Waals surface area contributed by atoms with Crippen LogP contribution >= 0.6 is 0 Å². The summed E-state index contributed by atoms with van der Waals surface area (Å²) < 4.78 is 37.4. The molecule has 4 nitrogen and oxygen atoms in total. The van der Waals surface area contributed by atoms with Crippen LogP contribution in [0.4, 0.5) is 19.3 Å². The highest BCUT2D eigenvalue weighted by Gasteiger charge is 2.12. The first kappa shape index (κ1) is 17.1. The summed E-state index contributed by atoms with van der Waals surface area (Å²) in [5.74, 6) is -1.89. The molecule has 0 aliphatic heterocycles. The van der Waals surface area contributed by atoms with Gasteiger partial charge in [0.05, 0.1) is 6.04 Å². The van der Waals surface area contributed by atoms with Gasteiger partial charge in [-0.25, -0.2) is 13.6 Å². The number of hydrogen-bond acceptors (Lipinski definition) is 2. The number of nitrogens with one attached hydrogen (secondary N) is 2. The van der Waals surface area contributed by atoms with Gasteiger partial charge < -0.3 is 10.6 Å². The van der Waals surface area contributed by atoms with Crippen molar-refractivity contribution >= 4 is 22.5 Å². The third kappa shape index (κ3) is 4.59. The maximum atomic E-state index is 13.2. The third-order valence-corrected chi connectivity index (χ3v) is 4.17. The fourth-order valence-electron chi connectivity index (χ4n) is 1.96. The number of carbonyl (C=O) groups is 1. The van der Waals surface area contributed by atoms with Crippen molar-refractivity contribution in [3.05, 3.63) is 59.7 Å². The monoisotopic (exact) mass is 338 g/mol. The fraction of sp³-hybridized carbons (Fsp3) is 0.188. The zero-order valence-electron chi connectivity index (χ0n) is 12.6. The summed E-state index contributed by atoms with van der Waals surface area (Å²) in [6, 6.07) is 9.09. The zero-order chi connectivity index (χ0) is 17.0. The Hall–Kier alpha value is -2.28. The molecule has 2 N–H and O–H groups in total. The van der Waals surface area contributed by atoms with Crippen LogP contribution in [0.25, 0.3) is 0 Å². The van der Waals surface area contributed by atoms with E-state index in [2.05, 4.69) is 10.6 Å². The summed E-state index contributed by atoms with van der Waals surface area (Å²) >= 11 is 0. The van der Waals surface area contributed by atoms with Gasteiger partial charge in [-0.05, 0) is 48.9 Å². The summed E-state index contributed by atoms with van der Waals surface area (Å²) in [5, 5.41) is 5.25. The smallest absolute Gasteiger partial charge is 0.319 e. The van der Waals surface area contributed by atoms with Crippen LogP contribution in [0, 0.1) is 11.6 Å². The molecule has 0 saturated carbocycles. The molecule has 0 spiro atoms. The molecule has 2 amide bonds. The van der Waals surface area contributed by atoms with Gasteiger partial charge in [-0.2, -0.15) is 0 Å². The van der Waals surface area contributed by atoms with Crippen LogP contribution in [-0.4, -0.2) is 16.5 Å². The van der Waals surface area contributed by atoms with Gasteiger partial charge in [0.2, 0.25) is 0 Å². The number of carbonyl (C=O) groups excluding carboxylic acids is 1. The summed E-state index contributed by atoms with van der Waals surface area (Å²) in [6.07, 6.45) is 1.57. The molecule has 2 atom stereocenters. The molecule has 0 aromatic heterocycles. The molecule has 2 rings (SSSR count). The molecule has 2 aromatic carbocycles. The van der Waals surface area contributed by atoms with Gasteiger partial charge in [-0.3, -0.25) is 4.21 Å². The maximum Gasteiger partial charge on any atom is 0.319 e. The van der Waals surface area contributed by atoms with Gasteiger partial charge >= 0.3 is 6.03 Å². The minimum Gasteiger partial charge on any atom is -0.331 e. The van der Waals surface area contributed by atoms with E-state index < -0.39 is 34.5 Å². The second-order valence-electron chi connectivity index (χ2n) is 4.97. The summed E-state index contributed by atoms with van der Waals surface area (Å²) in [4.78, 5) is 12.6. The normalized spacial score (nSPS) is 13.2. The standard InChI is InChI=1S/C16H16F2N2O2S/c1-10(11-3-8-14(17)15(18)9-11)19-16(21)20-12-4-6-13(7-5-12)23(2)22/h3-10H,1-2H3,(H2,19,20,21)/t10-,23+/m0/s1. The number of halogens is 2. The number of anilines is 1. The van der Waals surface area contributed by atoms with Gasteiger partial charge in [0.25, 0.3) is 0 Å². The third-order valence-electron chi connectivity index (χ3n) is 3.24. The second-order valence-corrected chi connectivity index (χ2v) is 6.35. The Labute approximate surface area is 135 Å². The first-order valence-electron chi connectivity index (χ1n) is 6.83. The Morgan fingerprint density at radius 1 is 1.09 bits per heavy atom. The number of benzene rings is 2. The van der Waals surface area contributed by atoms with Crippen LogP contribution in [0.3, 0.4) is 0 Å². The molecule has 0 heterocycles. The van der Waals surface area contributed by atoms with Crippen molar-refractivity contribution in [2.24, 2.45) is 0 Å². The summed E-state index contributed by atoms with van der Waals surface area (Å²) in [5.41, 5.74) is 0.991. The van der Waals surface area contributed by atoms with E-state index in [-0.39, 0.29) is 0 Å². The molecule has 2 aromatic rings. The molecule has 0 fully saturated rings. The van der Waals surface area contributed by atoms with E-state index in [9.17, 15) is 17.8 Å². The van der Waals surface area contributed by atoms with Crippen molar-refractivity contribution < 1.29 is 17.8 Å². The van der Waals surface area contributed by atoms with Crippen LogP contribution in [0.5, 0.6) is 0 Å². The first-order chi connectivity index (χ1) is 10.9. The predicted octanol–water partition coefficient (Wildman–Crippen LogP) is 3.58. The Bertz CT molecular complexity index is 735. The van der Waals surface area contributed by atoms with E-state index in [1.807, 2.05) is 0 Å². The van der Waals surface area contributed by atoms with Crippen molar-refractivity contribution in [3.63, 3.8) is 0 Å². The van der Waals surface area contributed by atoms with Crippen molar-refractivity contribution in [2.75, 3.05) is 11.6 Å². The van der Waals surface area contributed by atoms with Gasteiger partial charge in [0.15, 0.2) is 11.6 Å². The Morgan fingerprint density at radius 3 is 2.30 bits per heavy atom. The average Bonchev–Trinajstić information content (AvgIpc) is 2.50. The second kappa shape index (κ2) is 7.32. The lowest BCUT2D eigenvalue weighted by Crippen LogP contribution is -2.31. The van der Waals surface area contributed by atoms with Crippen molar-refractivity contribution in [2.45, 2.75) is 17.9 Å². The molecule has 23 heavy (non-hydrogen) atoms. The lowest BCUT2D eigenvalue weighted by Gasteiger charge is -2.15. The number of urea groups is 1. The van der Waals surface area contributed by atoms with E-state index in [0.717, 1.165) is 12.1 Å². The van der Waals surface area contributed by atoms with Crippen molar-refractivity contribution in [1.82, 2.24) is 5.32 Å². The highest BCUT2D eigenvalue weighted by molar-refractivity contribution is 7.84. The molecule has 0 radical (unpaired) electrons. The van der Waals surface area contributed by atoms with Crippen molar-refractivity contribution in [1.29, 1.82) is 0 Å². The minimum absolute atomic E-state index is 0.454. The lowest BCUT2D eigenvalue weighted by atomic mass is 10.1. The van der Waals surface area contributed by atoms with Crippen LogP contribution < -0.4 is 10.6 Å². The topological polar surface area (TPSA) is 58.2 Å². The molecule has 0 saturated heterocycles. The average molecular weight is 338 g/mol. The predicted molar refractivity (Wildman–Crippen MR) is 85.7 cm³/mol. The quantitative estimate of drug-likeness (QED) is 0.895. The molecule has 7 heteroatoms. The number of amides is 2. The molecular weight excluding hydrogens is 322 g/mol. The van der Waals surface area contributed by atoms with E-state index >= 15 is 0 Å². The minimum atomic E-state index is -1.08. The number of hydrogen-bond donors (Lipinski definition) is 2. The van der Waals surface area contributed by atoms with Crippen LogP contribution in [0.1, 0.15) is 18.5 Å². The molecule has 0 aliphatic rings. The molecule has 0 unspecified atom stereocenters. The molecule has 0 aliphatic carbocycles. The van der Waals surface area contributed by atoms with Gasteiger partial charge in [-0.1, -0.05) is 6.07 Å². The Kier molecular flexibility index (Phi) is 5.44. The summed E-state index contributed by atoms with van der Waals surface area (Å²) in [7, 11) is -1.08. The van der Waals surface area contributed by atoms with Gasteiger partial charge in [0, 0.05) is 27.6 Å². The van der Waals surface area contributed by atoms with Gasteiger partial charge in [-0.15, -0.1) is 0 Å². The van der Waals surface area contributed by atoms with E-state index in [0.29, 0.717) is 16.1 Å². The highest BCUT2D eigenvalue weighted by Crippen LogP contribution is 2.17. The van der Waals surface area contributed by atoms with Crippen LogP contribution in [0.2, 0.25) is 0 Å². The van der Waals surface area contributed by atoms with Crippen molar-refractivity contribution in [3.8, 4) is 0 Å². The van der Waals surface area contributed by atoms with Gasteiger partial charge in [0.1, 0.15) is 0 Å². The largest absolute Gasteiger partial charge is 0.331 e. The highest BCUT2D eigenvalue weighted by atomic mass is 32.2. The zero-order valence-corrected chi connectivity index (χ0v) is 13.4. The van der Waals surface area contributed by atoms with E-state index in [1.165, 1.54) is 6.07 Å². The van der Waals surface area contributed by atoms with E-state index in [4.69, 9.17) is 0 Å². The SMILES string of the molecule is C[C@H](NC(=O)Nc1ccc([S@@](C)=O)cc1)c1ccc(F)c(F)c1. The van der Waals surface area contributed by atoms with Crippen LogP contribution in [-0.2, 0) is 10.8 Å². The first-order valence-corrected chi connectivity index (χ1v) is 8.38. The Morgan fingerprint density at radius 2 is 1.74 bits per heavy atom. The van der Waals surface area contributed by atoms with E-state index in [1.54, 1.807) is 37.4 Å². The Balaban J connectivity index is 1.98. The maximum absolute atomic E-state index is 13.2. The molecular formula is C16H16F2N2O2S. The van der Waals surface area contributed by atoms with Crippen LogP contribution in [0.15, 0.2) is 47.4 Å².